The van der Waals surface area contributed by atoms with E-state index < -0.39 is 11.5 Å². The number of nitrogens with one attached hydrogen (secondary N) is 2. The Labute approximate surface area is 173 Å². The van der Waals surface area contributed by atoms with Crippen LogP contribution in [0.1, 0.15) is 46.7 Å². The predicted molar refractivity (Wildman–Crippen MR) is 112 cm³/mol. The number of nitrogens with zero attached hydrogens (tertiary/aromatic N) is 1. The molecule has 0 fully saturated rings. The lowest BCUT2D eigenvalue weighted by Crippen LogP contribution is -2.32. The van der Waals surface area contributed by atoms with Gasteiger partial charge in [0.1, 0.15) is 17.1 Å². The van der Waals surface area contributed by atoms with Crippen LogP contribution in [0.5, 0.6) is 11.5 Å². The summed E-state index contributed by atoms with van der Waals surface area (Å²) in [5.41, 5.74) is 0.715. The Morgan fingerprint density at radius 2 is 1.70 bits per heavy atom. The van der Waals surface area contributed by atoms with E-state index in [0.717, 1.165) is 0 Å². The van der Waals surface area contributed by atoms with Crippen molar-refractivity contribution in [1.29, 1.82) is 0 Å². The molecule has 0 saturated heterocycles. The maximum absolute atomic E-state index is 12.7. The van der Waals surface area contributed by atoms with Crippen molar-refractivity contribution >= 4 is 17.4 Å². The lowest BCUT2D eigenvalue weighted by Gasteiger charge is -2.29. The molecule has 0 unspecified atom stereocenters. The number of fused-ring (bicyclic) bond motifs is 1. The number of ether oxygens (including phenoxy) is 1. The molecular formula is C23H21N3O4. The number of Topliss-reactive ketones (excluding diaryl/α,β-unsaturated/α-hetero) is 1. The highest BCUT2D eigenvalue weighted by Crippen LogP contribution is 2.33. The van der Waals surface area contributed by atoms with E-state index in [1.54, 1.807) is 48.8 Å². The third-order valence-electron chi connectivity index (χ3n) is 4.96. The number of aromatic amines is 1. The summed E-state index contributed by atoms with van der Waals surface area (Å²) in [6.45, 7) is 3.96. The zero-order valence-electron chi connectivity index (χ0n) is 16.7. The molecule has 3 aromatic rings. The molecule has 1 amide bonds. The van der Waals surface area contributed by atoms with Gasteiger partial charge in [-0.3, -0.25) is 19.4 Å². The zero-order chi connectivity index (χ0) is 21.3. The maximum Gasteiger partial charge on any atom is 0.261 e. The van der Waals surface area contributed by atoms with E-state index in [4.69, 9.17) is 4.74 Å². The van der Waals surface area contributed by atoms with E-state index in [2.05, 4.69) is 15.3 Å². The summed E-state index contributed by atoms with van der Waals surface area (Å²) < 4.78 is 5.69. The predicted octanol–water partition coefficient (Wildman–Crippen LogP) is 3.97. The third-order valence-corrected chi connectivity index (χ3v) is 4.96. The first-order chi connectivity index (χ1) is 14.3. The molecule has 30 heavy (non-hydrogen) atoms. The Morgan fingerprint density at radius 1 is 1.03 bits per heavy atom. The fourth-order valence-electron chi connectivity index (χ4n) is 3.54. The molecule has 1 aromatic carbocycles. The van der Waals surface area contributed by atoms with Gasteiger partial charge in [-0.05, 0) is 54.3 Å². The number of rotatable bonds is 4. The highest BCUT2D eigenvalue weighted by molar-refractivity contribution is 6.06. The van der Waals surface area contributed by atoms with Crippen molar-refractivity contribution in [2.75, 3.05) is 5.32 Å². The van der Waals surface area contributed by atoms with Crippen molar-refractivity contribution in [1.82, 2.24) is 9.97 Å². The van der Waals surface area contributed by atoms with Crippen LogP contribution in [-0.4, -0.2) is 21.7 Å². The van der Waals surface area contributed by atoms with E-state index in [0.29, 0.717) is 41.3 Å². The summed E-state index contributed by atoms with van der Waals surface area (Å²) in [6.07, 6.45) is 4.23. The number of anilines is 1. The van der Waals surface area contributed by atoms with Crippen LogP contribution in [0, 0.1) is 5.41 Å². The van der Waals surface area contributed by atoms with Gasteiger partial charge in [-0.25, -0.2) is 0 Å². The second-order valence-corrected chi connectivity index (χ2v) is 8.11. The van der Waals surface area contributed by atoms with Gasteiger partial charge in [0.15, 0.2) is 5.78 Å². The fourth-order valence-corrected chi connectivity index (χ4v) is 3.54. The van der Waals surface area contributed by atoms with Gasteiger partial charge >= 0.3 is 0 Å². The minimum atomic E-state index is -0.570. The number of benzene rings is 1. The summed E-state index contributed by atoms with van der Waals surface area (Å²) in [5.74, 6) is 0.609. The Kier molecular flexibility index (Phi) is 4.95. The number of pyridine rings is 2. The molecule has 2 aromatic heterocycles. The molecule has 0 atom stereocenters. The molecule has 2 heterocycles. The molecule has 152 valence electrons. The average molecular weight is 403 g/mol. The number of carbonyl (C=O) groups is 2. The summed E-state index contributed by atoms with van der Waals surface area (Å²) in [7, 11) is 0. The molecule has 4 rings (SSSR count). The van der Waals surface area contributed by atoms with Crippen molar-refractivity contribution < 1.29 is 14.3 Å². The number of H-pyrrole nitrogens is 1. The molecule has 7 heteroatoms. The van der Waals surface area contributed by atoms with Crippen LogP contribution in [-0.2, 0) is 6.42 Å². The largest absolute Gasteiger partial charge is 0.457 e. The molecule has 0 spiro atoms. The van der Waals surface area contributed by atoms with E-state index in [1.807, 2.05) is 13.8 Å². The number of hydrogen-bond acceptors (Lipinski definition) is 5. The summed E-state index contributed by atoms with van der Waals surface area (Å²) >= 11 is 0. The van der Waals surface area contributed by atoms with E-state index >= 15 is 0 Å². The molecule has 0 radical (unpaired) electrons. The number of ketones is 1. The van der Waals surface area contributed by atoms with E-state index in [1.165, 1.54) is 6.07 Å². The monoisotopic (exact) mass is 403 g/mol. The minimum absolute atomic E-state index is 0.0656. The van der Waals surface area contributed by atoms with Crippen LogP contribution < -0.4 is 15.6 Å². The first kappa shape index (κ1) is 19.6. The number of amides is 1. The fraction of sp³-hybridized carbons (Fsp3) is 0.217. The van der Waals surface area contributed by atoms with Gasteiger partial charge in [0, 0.05) is 35.8 Å². The number of hydrogen-bond donors (Lipinski definition) is 2. The van der Waals surface area contributed by atoms with Crippen LogP contribution in [0.15, 0.2) is 59.7 Å². The van der Waals surface area contributed by atoms with Gasteiger partial charge in [-0.15, -0.1) is 0 Å². The lowest BCUT2D eigenvalue weighted by molar-refractivity contribution is 0.0910. The average Bonchev–Trinajstić information content (AvgIpc) is 2.69. The van der Waals surface area contributed by atoms with Crippen LogP contribution >= 0.6 is 0 Å². The Balaban J connectivity index is 1.51. The van der Waals surface area contributed by atoms with Gasteiger partial charge in [-0.1, -0.05) is 13.8 Å². The standard InChI is InChI=1S/C23H21N3O4/c1-23(2)12-19-17(20(27)13-23)11-18(22(29)26-19)21(28)25-14-3-5-15(6-4-14)30-16-7-9-24-10-8-16/h3-11H,12-13H2,1-2H3,(H,25,28)(H,26,29). The summed E-state index contributed by atoms with van der Waals surface area (Å²) in [5, 5.41) is 2.69. The SMILES string of the molecule is CC1(C)CC(=O)c2cc(C(=O)Nc3ccc(Oc4ccncc4)cc3)c(=O)[nH]c2C1. The highest BCUT2D eigenvalue weighted by atomic mass is 16.5. The van der Waals surface area contributed by atoms with Crippen molar-refractivity contribution in [3.63, 3.8) is 0 Å². The first-order valence-corrected chi connectivity index (χ1v) is 9.59. The minimum Gasteiger partial charge on any atom is -0.457 e. The van der Waals surface area contributed by atoms with Gasteiger partial charge in [-0.2, -0.15) is 0 Å². The molecule has 1 aliphatic rings. The quantitative estimate of drug-likeness (QED) is 0.686. The van der Waals surface area contributed by atoms with Crippen LogP contribution in [0.3, 0.4) is 0 Å². The zero-order valence-corrected chi connectivity index (χ0v) is 16.7. The van der Waals surface area contributed by atoms with Crippen molar-refractivity contribution in [2.24, 2.45) is 5.41 Å². The van der Waals surface area contributed by atoms with Crippen LogP contribution in [0.2, 0.25) is 0 Å². The van der Waals surface area contributed by atoms with Gasteiger partial charge in [0.25, 0.3) is 11.5 Å². The molecule has 7 nitrogen and oxygen atoms in total. The molecule has 0 aliphatic heterocycles. The Morgan fingerprint density at radius 3 is 2.40 bits per heavy atom. The molecular weight excluding hydrogens is 382 g/mol. The smallest absolute Gasteiger partial charge is 0.261 e. The van der Waals surface area contributed by atoms with Crippen LogP contribution in [0.4, 0.5) is 5.69 Å². The van der Waals surface area contributed by atoms with E-state index in [-0.39, 0.29) is 16.8 Å². The maximum atomic E-state index is 12.7. The molecule has 1 aliphatic carbocycles. The van der Waals surface area contributed by atoms with Gasteiger partial charge < -0.3 is 15.0 Å². The van der Waals surface area contributed by atoms with Crippen molar-refractivity contribution in [2.45, 2.75) is 26.7 Å². The lowest BCUT2D eigenvalue weighted by atomic mass is 9.75. The summed E-state index contributed by atoms with van der Waals surface area (Å²) in [4.78, 5) is 44.2. The molecule has 2 N–H and O–H groups in total. The number of carbonyl (C=O) groups excluding carboxylic acids is 2. The van der Waals surface area contributed by atoms with Crippen molar-refractivity contribution in [3.05, 3.63) is 82.0 Å². The van der Waals surface area contributed by atoms with Gasteiger partial charge in [0.05, 0.1) is 0 Å². The number of aromatic nitrogens is 2. The first-order valence-electron chi connectivity index (χ1n) is 9.59. The topological polar surface area (TPSA) is 101 Å². The second kappa shape index (κ2) is 7.59. The Bertz CT molecular complexity index is 1170. The normalized spacial score (nSPS) is 14.7. The third kappa shape index (κ3) is 4.15. The second-order valence-electron chi connectivity index (χ2n) is 8.11. The highest BCUT2D eigenvalue weighted by Gasteiger charge is 2.32. The van der Waals surface area contributed by atoms with Gasteiger partial charge in [0.2, 0.25) is 0 Å². The van der Waals surface area contributed by atoms with Crippen molar-refractivity contribution in [3.8, 4) is 11.5 Å². The van der Waals surface area contributed by atoms with E-state index in [9.17, 15) is 14.4 Å². The molecule has 0 bridgehead atoms. The Hall–Kier alpha value is -3.74. The van der Waals surface area contributed by atoms with Crippen LogP contribution in [0.25, 0.3) is 0 Å². The molecule has 0 saturated carbocycles. The summed E-state index contributed by atoms with van der Waals surface area (Å²) in [6, 6.07) is 11.6.